The van der Waals surface area contributed by atoms with Crippen LogP contribution < -0.4 is 5.32 Å². The lowest BCUT2D eigenvalue weighted by Gasteiger charge is -2.41. The predicted molar refractivity (Wildman–Crippen MR) is 101 cm³/mol. The number of thiophene rings is 1. The van der Waals surface area contributed by atoms with Crippen molar-refractivity contribution < 1.29 is 9.59 Å². The van der Waals surface area contributed by atoms with E-state index in [-0.39, 0.29) is 23.1 Å². The van der Waals surface area contributed by atoms with Gasteiger partial charge in [-0.05, 0) is 44.0 Å². The Kier molecular flexibility index (Phi) is 4.53. The van der Waals surface area contributed by atoms with E-state index in [0.717, 1.165) is 34.7 Å². The van der Waals surface area contributed by atoms with E-state index in [2.05, 4.69) is 10.3 Å². The molecule has 2 fully saturated rings. The van der Waals surface area contributed by atoms with Gasteiger partial charge in [-0.2, -0.15) is 0 Å². The fraction of sp³-hybridized carbons (Fsp3) is 0.450. The van der Waals surface area contributed by atoms with E-state index in [1.165, 1.54) is 11.3 Å². The molecule has 0 radical (unpaired) electrons. The van der Waals surface area contributed by atoms with Gasteiger partial charge >= 0.3 is 0 Å². The number of hydrogen-bond donors (Lipinski definition) is 1. The number of aryl methyl sites for hydroxylation is 1. The van der Waals surface area contributed by atoms with Gasteiger partial charge in [0.25, 0.3) is 5.91 Å². The molecule has 5 nitrogen and oxygen atoms in total. The molecule has 0 aromatic carbocycles. The summed E-state index contributed by atoms with van der Waals surface area (Å²) in [6.45, 7) is 3.66. The topological polar surface area (TPSA) is 62.3 Å². The summed E-state index contributed by atoms with van der Waals surface area (Å²) in [5, 5.41) is 3.03. The summed E-state index contributed by atoms with van der Waals surface area (Å²) < 4.78 is 0. The molecular weight excluding hydrogens is 346 g/mol. The molecule has 3 heterocycles. The van der Waals surface area contributed by atoms with E-state index in [9.17, 15) is 9.59 Å². The first kappa shape index (κ1) is 17.2. The minimum absolute atomic E-state index is 0.0316. The molecule has 1 spiro atoms. The van der Waals surface area contributed by atoms with Crippen LogP contribution in [0.15, 0.2) is 36.5 Å². The highest BCUT2D eigenvalue weighted by atomic mass is 32.1. The van der Waals surface area contributed by atoms with Crippen LogP contribution >= 0.6 is 11.3 Å². The largest absolute Gasteiger partial charge is 0.350 e. The summed E-state index contributed by atoms with van der Waals surface area (Å²) in [5.41, 5.74) is 0.819. The van der Waals surface area contributed by atoms with Gasteiger partial charge in [-0.15, -0.1) is 11.3 Å². The highest BCUT2D eigenvalue weighted by Crippen LogP contribution is 2.52. The second-order valence-corrected chi connectivity index (χ2v) is 8.69. The lowest BCUT2D eigenvalue weighted by molar-refractivity contribution is -0.129. The van der Waals surface area contributed by atoms with Crippen LogP contribution in [0, 0.1) is 18.3 Å². The van der Waals surface area contributed by atoms with Crippen LogP contribution in [0.5, 0.6) is 0 Å². The van der Waals surface area contributed by atoms with Gasteiger partial charge in [0.05, 0.1) is 23.0 Å². The third-order valence-corrected chi connectivity index (χ3v) is 6.71. The fourth-order valence-corrected chi connectivity index (χ4v) is 4.97. The normalized spacial score (nSPS) is 20.8. The summed E-state index contributed by atoms with van der Waals surface area (Å²) >= 11 is 1.53. The van der Waals surface area contributed by atoms with Crippen molar-refractivity contribution in [1.82, 2.24) is 15.2 Å². The zero-order valence-electron chi connectivity index (χ0n) is 14.9. The lowest BCUT2D eigenvalue weighted by atomic mass is 9.62. The molecule has 2 amide bonds. The molecule has 26 heavy (non-hydrogen) atoms. The molecule has 1 aliphatic heterocycles. The van der Waals surface area contributed by atoms with E-state index in [0.29, 0.717) is 19.6 Å². The third kappa shape index (κ3) is 3.14. The predicted octanol–water partition coefficient (Wildman–Crippen LogP) is 3.01. The molecule has 2 aliphatic rings. The number of carbonyl (C=O) groups excluding carboxylic acids is 2. The first-order valence-corrected chi connectivity index (χ1v) is 9.92. The van der Waals surface area contributed by atoms with Gasteiger partial charge < -0.3 is 10.2 Å². The summed E-state index contributed by atoms with van der Waals surface area (Å²) in [5.74, 6) is -0.00705. The standard InChI is InChI=1S/C20H23N3O2S/c1-14-6-7-17(26-14)19(25)23-12-16(20(13-23)8-4-9-20)18(24)22-11-15-5-2-3-10-21-15/h2-3,5-7,10,16H,4,8-9,11-13H2,1H3,(H,22,24). The first-order valence-electron chi connectivity index (χ1n) is 9.11. The third-order valence-electron chi connectivity index (χ3n) is 5.72. The van der Waals surface area contributed by atoms with Crippen LogP contribution in [0.4, 0.5) is 0 Å². The number of pyridine rings is 1. The zero-order valence-corrected chi connectivity index (χ0v) is 15.7. The zero-order chi connectivity index (χ0) is 18.1. The summed E-state index contributed by atoms with van der Waals surface area (Å²) in [6.07, 6.45) is 4.93. The van der Waals surface area contributed by atoms with Crippen LogP contribution in [0.3, 0.4) is 0 Å². The second kappa shape index (κ2) is 6.83. The molecule has 1 N–H and O–H groups in total. The highest BCUT2D eigenvalue weighted by molar-refractivity contribution is 7.13. The van der Waals surface area contributed by atoms with Gasteiger partial charge in [0.2, 0.25) is 5.91 Å². The fourth-order valence-electron chi connectivity index (χ4n) is 4.13. The average Bonchev–Trinajstić information content (AvgIpc) is 3.24. The van der Waals surface area contributed by atoms with Crippen LogP contribution in [-0.2, 0) is 11.3 Å². The number of aromatic nitrogens is 1. The van der Waals surface area contributed by atoms with Gasteiger partial charge in [0.15, 0.2) is 0 Å². The smallest absolute Gasteiger partial charge is 0.263 e. The molecule has 1 saturated heterocycles. The Morgan fingerprint density at radius 3 is 2.77 bits per heavy atom. The second-order valence-electron chi connectivity index (χ2n) is 7.40. The molecular formula is C20H23N3O2S. The molecule has 4 rings (SSSR count). The minimum Gasteiger partial charge on any atom is -0.350 e. The maximum Gasteiger partial charge on any atom is 0.263 e. The van der Waals surface area contributed by atoms with Gasteiger partial charge in [0.1, 0.15) is 0 Å². The van der Waals surface area contributed by atoms with E-state index >= 15 is 0 Å². The number of amides is 2. The molecule has 1 saturated carbocycles. The number of nitrogens with zero attached hydrogens (tertiary/aromatic N) is 2. The maximum atomic E-state index is 12.9. The van der Waals surface area contributed by atoms with Crippen LogP contribution in [0.25, 0.3) is 0 Å². The Labute approximate surface area is 157 Å². The Hall–Kier alpha value is -2.21. The molecule has 2 aromatic rings. The van der Waals surface area contributed by atoms with E-state index in [4.69, 9.17) is 0 Å². The molecule has 1 unspecified atom stereocenters. The molecule has 2 aromatic heterocycles. The summed E-state index contributed by atoms with van der Waals surface area (Å²) in [4.78, 5) is 33.7. The van der Waals surface area contributed by atoms with Crippen molar-refractivity contribution in [2.75, 3.05) is 13.1 Å². The van der Waals surface area contributed by atoms with Crippen molar-refractivity contribution in [2.45, 2.75) is 32.7 Å². The van der Waals surface area contributed by atoms with E-state index in [1.807, 2.05) is 42.2 Å². The monoisotopic (exact) mass is 369 g/mol. The van der Waals surface area contributed by atoms with Crippen LogP contribution in [0.2, 0.25) is 0 Å². The summed E-state index contributed by atoms with van der Waals surface area (Å²) in [7, 11) is 0. The van der Waals surface area contributed by atoms with Gasteiger partial charge in [0, 0.05) is 29.6 Å². The number of hydrogen-bond acceptors (Lipinski definition) is 4. The SMILES string of the molecule is Cc1ccc(C(=O)N2CC(C(=O)NCc3ccccn3)C3(CCC3)C2)s1. The van der Waals surface area contributed by atoms with Crippen molar-refractivity contribution in [2.24, 2.45) is 11.3 Å². The van der Waals surface area contributed by atoms with Gasteiger partial charge in [-0.3, -0.25) is 14.6 Å². The summed E-state index contributed by atoms with van der Waals surface area (Å²) in [6, 6.07) is 9.56. The Balaban J connectivity index is 1.45. The highest BCUT2D eigenvalue weighted by Gasteiger charge is 2.54. The number of likely N-dealkylation sites (tertiary alicyclic amines) is 1. The Morgan fingerprint density at radius 1 is 1.31 bits per heavy atom. The van der Waals surface area contributed by atoms with E-state index in [1.54, 1.807) is 6.20 Å². The molecule has 6 heteroatoms. The number of carbonyl (C=O) groups is 2. The van der Waals surface area contributed by atoms with Crippen molar-refractivity contribution in [3.8, 4) is 0 Å². The Bertz CT molecular complexity index is 813. The minimum atomic E-state index is -0.120. The van der Waals surface area contributed by atoms with Crippen molar-refractivity contribution >= 4 is 23.2 Å². The Morgan fingerprint density at radius 2 is 2.15 bits per heavy atom. The molecule has 0 bridgehead atoms. The molecule has 1 atom stereocenters. The quantitative estimate of drug-likeness (QED) is 0.901. The first-order chi connectivity index (χ1) is 12.6. The maximum absolute atomic E-state index is 12.9. The van der Waals surface area contributed by atoms with Crippen LogP contribution in [-0.4, -0.2) is 34.8 Å². The van der Waals surface area contributed by atoms with Gasteiger partial charge in [-0.1, -0.05) is 12.5 Å². The molecule has 136 valence electrons. The van der Waals surface area contributed by atoms with Gasteiger partial charge in [-0.25, -0.2) is 0 Å². The average molecular weight is 369 g/mol. The molecule has 1 aliphatic carbocycles. The van der Waals surface area contributed by atoms with E-state index < -0.39 is 0 Å². The van der Waals surface area contributed by atoms with Crippen molar-refractivity contribution in [3.63, 3.8) is 0 Å². The van der Waals surface area contributed by atoms with Crippen LogP contribution in [0.1, 0.15) is 39.5 Å². The number of nitrogens with one attached hydrogen (secondary N) is 1. The lowest BCUT2D eigenvalue weighted by Crippen LogP contribution is -2.45. The number of rotatable bonds is 4. The van der Waals surface area contributed by atoms with Crippen molar-refractivity contribution in [1.29, 1.82) is 0 Å². The van der Waals surface area contributed by atoms with Crippen molar-refractivity contribution in [3.05, 3.63) is 52.0 Å².